The molecule has 2 fully saturated rings. The van der Waals surface area contributed by atoms with Crippen LogP contribution in [0.3, 0.4) is 0 Å². The minimum Gasteiger partial charge on any atom is -0.351 e. The zero-order valence-corrected chi connectivity index (χ0v) is 17.8. The highest BCUT2D eigenvalue weighted by molar-refractivity contribution is 6.14. The zero-order valence-electron chi connectivity index (χ0n) is 17.8. The van der Waals surface area contributed by atoms with Gasteiger partial charge in [0.25, 0.3) is 5.91 Å². The van der Waals surface area contributed by atoms with E-state index in [9.17, 15) is 9.59 Å². The molecule has 4 heterocycles. The smallest absolute Gasteiger partial charge is 0.326 e. The molecule has 0 radical (unpaired) electrons. The Labute approximate surface area is 192 Å². The maximum atomic E-state index is 12.0. The topological polar surface area (TPSA) is 156 Å². The summed E-state index contributed by atoms with van der Waals surface area (Å²) in [5.74, 6) is 0.436. The second kappa shape index (κ2) is 7.95. The van der Waals surface area contributed by atoms with Crippen LogP contribution in [-0.4, -0.2) is 52.3 Å². The van der Waals surface area contributed by atoms with Crippen LogP contribution in [0.2, 0.25) is 0 Å². The van der Waals surface area contributed by atoms with Gasteiger partial charge in [-0.15, -0.1) is 0 Å². The van der Waals surface area contributed by atoms with Gasteiger partial charge in [0.2, 0.25) is 11.9 Å². The lowest BCUT2D eigenvalue weighted by Gasteiger charge is -2.12. The number of hydrogen-bond acceptors (Lipinski definition) is 9. The summed E-state index contributed by atoms with van der Waals surface area (Å²) in [6, 6.07) is 7.60. The number of para-hydroxylation sites is 1. The van der Waals surface area contributed by atoms with Crippen LogP contribution in [0.25, 0.3) is 17.4 Å². The fourth-order valence-electron chi connectivity index (χ4n) is 3.61. The summed E-state index contributed by atoms with van der Waals surface area (Å²) in [5, 5.41) is 19.9. The molecule has 0 spiro atoms. The minimum absolute atomic E-state index is 0.131. The average molecular weight is 457 g/mol. The molecule has 0 unspecified atom stereocenters. The van der Waals surface area contributed by atoms with E-state index in [0.717, 1.165) is 24.1 Å². The predicted octanol–water partition coefficient (Wildman–Crippen LogP) is 1.07. The van der Waals surface area contributed by atoms with Crippen LogP contribution in [0.5, 0.6) is 0 Å². The van der Waals surface area contributed by atoms with Crippen LogP contribution >= 0.6 is 0 Å². The summed E-state index contributed by atoms with van der Waals surface area (Å²) in [4.78, 5) is 36.7. The number of amides is 3. The van der Waals surface area contributed by atoms with Crippen molar-refractivity contribution in [2.24, 2.45) is 0 Å². The molecule has 34 heavy (non-hydrogen) atoms. The lowest BCUT2D eigenvalue weighted by Crippen LogP contribution is -2.22. The molecule has 13 nitrogen and oxygen atoms in total. The van der Waals surface area contributed by atoms with Crippen molar-refractivity contribution in [3.63, 3.8) is 0 Å². The first-order valence-corrected chi connectivity index (χ1v) is 10.7. The molecule has 4 aromatic rings. The maximum Gasteiger partial charge on any atom is 0.326 e. The van der Waals surface area contributed by atoms with Crippen molar-refractivity contribution in [2.45, 2.75) is 25.4 Å². The SMILES string of the molecule is O=C1NC(=O)/C(=C/c2cnn3c(NC4CC4)nc(NCc4ccccc4-n4cncn4)nc23)N1. The Bertz CT molecular complexity index is 1440. The van der Waals surface area contributed by atoms with Crippen LogP contribution in [0, 0.1) is 0 Å². The Morgan fingerprint density at radius 3 is 2.76 bits per heavy atom. The standard InChI is InChI=1S/C21H19N11O2/c33-18-15(27-21(34)29-18)7-13-9-24-32-17(13)28-19(30-20(32)26-14-5-6-14)23-8-12-3-1-2-4-16(12)31-11-22-10-25-31/h1-4,7,9-11,14H,5-6,8H2,(H2,23,26,28,30)(H2,27,29,33,34)/b15-7-. The van der Waals surface area contributed by atoms with Gasteiger partial charge in [-0.05, 0) is 30.5 Å². The van der Waals surface area contributed by atoms with Gasteiger partial charge < -0.3 is 16.0 Å². The summed E-state index contributed by atoms with van der Waals surface area (Å²) >= 11 is 0. The number of nitrogens with one attached hydrogen (secondary N) is 4. The Morgan fingerprint density at radius 1 is 1.12 bits per heavy atom. The number of imide groups is 1. The van der Waals surface area contributed by atoms with Crippen molar-refractivity contribution in [3.8, 4) is 5.69 Å². The third-order valence-electron chi connectivity index (χ3n) is 5.42. The van der Waals surface area contributed by atoms with Crippen LogP contribution in [-0.2, 0) is 11.3 Å². The average Bonchev–Trinajstić information content (AvgIpc) is 3.20. The normalized spacial score (nSPS) is 16.6. The number of rotatable bonds is 7. The summed E-state index contributed by atoms with van der Waals surface area (Å²) in [6.07, 6.45) is 8.37. The highest BCUT2D eigenvalue weighted by Gasteiger charge is 2.26. The Hall–Kier alpha value is -4.81. The van der Waals surface area contributed by atoms with Crippen LogP contribution in [0.1, 0.15) is 24.0 Å². The van der Waals surface area contributed by atoms with Gasteiger partial charge in [0.15, 0.2) is 5.65 Å². The Balaban J connectivity index is 1.34. The number of nitrogens with zero attached hydrogens (tertiary/aromatic N) is 7. The summed E-state index contributed by atoms with van der Waals surface area (Å²) in [7, 11) is 0. The van der Waals surface area contributed by atoms with Crippen molar-refractivity contribution in [2.75, 3.05) is 10.6 Å². The molecule has 1 aliphatic heterocycles. The van der Waals surface area contributed by atoms with Crippen LogP contribution < -0.4 is 21.3 Å². The first-order valence-electron chi connectivity index (χ1n) is 10.7. The highest BCUT2D eigenvalue weighted by atomic mass is 16.2. The molecule has 2 aliphatic rings. The lowest BCUT2D eigenvalue weighted by atomic mass is 10.2. The summed E-state index contributed by atoms with van der Waals surface area (Å²) < 4.78 is 3.29. The van der Waals surface area contributed by atoms with Gasteiger partial charge in [-0.25, -0.2) is 14.5 Å². The van der Waals surface area contributed by atoms with Crippen LogP contribution in [0.15, 0.2) is 48.8 Å². The van der Waals surface area contributed by atoms with E-state index >= 15 is 0 Å². The molecular formula is C21H19N11O2. The van der Waals surface area contributed by atoms with E-state index in [0.29, 0.717) is 35.7 Å². The lowest BCUT2D eigenvalue weighted by molar-refractivity contribution is -0.115. The molecule has 4 N–H and O–H groups in total. The Kier molecular flexibility index (Phi) is 4.64. The third kappa shape index (κ3) is 3.79. The van der Waals surface area contributed by atoms with Crippen molar-refractivity contribution >= 4 is 35.6 Å². The molecule has 170 valence electrons. The van der Waals surface area contributed by atoms with E-state index in [-0.39, 0.29) is 5.70 Å². The van der Waals surface area contributed by atoms with Crippen molar-refractivity contribution in [1.29, 1.82) is 0 Å². The Morgan fingerprint density at radius 2 is 2.00 bits per heavy atom. The van der Waals surface area contributed by atoms with Gasteiger partial charge in [0, 0.05) is 18.2 Å². The fourth-order valence-corrected chi connectivity index (χ4v) is 3.61. The zero-order chi connectivity index (χ0) is 23.1. The van der Waals surface area contributed by atoms with Gasteiger partial charge in [0.05, 0.1) is 11.9 Å². The number of aromatic nitrogens is 7. The molecule has 3 aromatic heterocycles. The molecule has 3 amide bonds. The molecule has 1 aliphatic carbocycles. The molecule has 0 atom stereocenters. The minimum atomic E-state index is -0.563. The fraction of sp³-hybridized carbons (Fsp3) is 0.190. The first kappa shape index (κ1) is 19.8. The molecule has 13 heteroatoms. The molecule has 6 rings (SSSR count). The number of anilines is 2. The molecular weight excluding hydrogens is 438 g/mol. The number of benzene rings is 1. The van der Waals surface area contributed by atoms with E-state index in [1.165, 1.54) is 6.33 Å². The summed E-state index contributed by atoms with van der Waals surface area (Å²) in [5.41, 5.74) is 3.06. The van der Waals surface area contributed by atoms with Crippen molar-refractivity contribution in [3.05, 3.63) is 59.9 Å². The van der Waals surface area contributed by atoms with E-state index in [1.54, 1.807) is 27.8 Å². The first-order chi connectivity index (χ1) is 16.6. The van der Waals surface area contributed by atoms with Gasteiger partial charge in [-0.1, -0.05) is 18.2 Å². The predicted molar refractivity (Wildman–Crippen MR) is 121 cm³/mol. The van der Waals surface area contributed by atoms with Gasteiger partial charge in [0.1, 0.15) is 18.4 Å². The number of fused-ring (bicyclic) bond motifs is 1. The van der Waals surface area contributed by atoms with Crippen molar-refractivity contribution < 1.29 is 9.59 Å². The number of carbonyl (C=O) groups is 2. The van der Waals surface area contributed by atoms with Gasteiger partial charge in [-0.3, -0.25) is 10.1 Å². The van der Waals surface area contributed by atoms with E-state index in [2.05, 4.69) is 46.4 Å². The second-order valence-corrected chi connectivity index (χ2v) is 7.91. The van der Waals surface area contributed by atoms with Gasteiger partial charge in [-0.2, -0.15) is 24.7 Å². The van der Waals surface area contributed by atoms with E-state index < -0.39 is 11.9 Å². The second-order valence-electron chi connectivity index (χ2n) is 7.91. The third-order valence-corrected chi connectivity index (χ3v) is 5.42. The molecule has 1 aromatic carbocycles. The largest absolute Gasteiger partial charge is 0.351 e. The van der Waals surface area contributed by atoms with Crippen molar-refractivity contribution in [1.82, 2.24) is 45.0 Å². The molecule has 1 saturated carbocycles. The maximum absolute atomic E-state index is 12.0. The highest BCUT2D eigenvalue weighted by Crippen LogP contribution is 2.26. The number of hydrogen-bond donors (Lipinski definition) is 4. The monoisotopic (exact) mass is 457 g/mol. The quantitative estimate of drug-likeness (QED) is 0.235. The van der Waals surface area contributed by atoms with Gasteiger partial charge >= 0.3 is 6.03 Å². The van der Waals surface area contributed by atoms with E-state index in [4.69, 9.17) is 0 Å². The number of urea groups is 1. The summed E-state index contributed by atoms with van der Waals surface area (Å²) in [6.45, 7) is 0.443. The van der Waals surface area contributed by atoms with Crippen LogP contribution in [0.4, 0.5) is 16.7 Å². The number of carbonyl (C=O) groups excluding carboxylic acids is 2. The molecule has 0 bridgehead atoms. The molecule has 1 saturated heterocycles. The van der Waals surface area contributed by atoms with E-state index in [1.807, 2.05) is 24.3 Å².